The van der Waals surface area contributed by atoms with E-state index in [4.69, 9.17) is 9.47 Å². The molecule has 1 aliphatic carbocycles. The topological polar surface area (TPSA) is 210 Å². The highest BCUT2D eigenvalue weighted by atomic mass is 16.6. The van der Waals surface area contributed by atoms with Gasteiger partial charge in [-0.1, -0.05) is 36.4 Å². The molecule has 0 bridgehead atoms. The van der Waals surface area contributed by atoms with Crippen LogP contribution in [-0.2, 0) is 25.5 Å². The van der Waals surface area contributed by atoms with Crippen molar-refractivity contribution < 1.29 is 33.4 Å². The molecule has 1 aromatic heterocycles. The van der Waals surface area contributed by atoms with Gasteiger partial charge in [-0.2, -0.15) is 5.21 Å². The van der Waals surface area contributed by atoms with Gasteiger partial charge in [0.15, 0.2) is 0 Å². The van der Waals surface area contributed by atoms with Gasteiger partial charge in [-0.25, -0.2) is 9.59 Å². The van der Waals surface area contributed by atoms with E-state index in [0.29, 0.717) is 62.4 Å². The minimum Gasteiger partial charge on any atom is -0.444 e. The molecule has 62 heavy (non-hydrogen) atoms. The number of likely N-dealkylation sites (tertiary alicyclic amines) is 1. The number of piperidine rings is 1. The zero-order valence-electron chi connectivity index (χ0n) is 36.5. The van der Waals surface area contributed by atoms with Gasteiger partial charge in [0, 0.05) is 54.8 Å². The first-order valence-corrected chi connectivity index (χ1v) is 21.4. The van der Waals surface area contributed by atoms with Gasteiger partial charge in [-0.3, -0.25) is 14.4 Å². The molecule has 16 nitrogen and oxygen atoms in total. The van der Waals surface area contributed by atoms with Crippen LogP contribution in [0.1, 0.15) is 96.0 Å². The van der Waals surface area contributed by atoms with Crippen molar-refractivity contribution in [1.82, 2.24) is 41.5 Å². The Balaban J connectivity index is 1.07. The zero-order valence-corrected chi connectivity index (χ0v) is 36.5. The third kappa shape index (κ3) is 13.3. The molecule has 2 aliphatic rings. The number of carbonyl (C=O) groups excluding carboxylic acids is 5. The van der Waals surface area contributed by atoms with E-state index in [1.165, 1.54) is 0 Å². The van der Waals surface area contributed by atoms with Crippen LogP contribution in [-0.4, -0.2) is 98.4 Å². The quantitative estimate of drug-likeness (QED) is 0.102. The molecular weight excluding hydrogens is 791 g/mol. The van der Waals surface area contributed by atoms with Gasteiger partial charge in [0.2, 0.25) is 17.6 Å². The molecule has 2 heterocycles. The van der Waals surface area contributed by atoms with Gasteiger partial charge < -0.3 is 35.6 Å². The number of rotatable bonds is 12. The van der Waals surface area contributed by atoms with E-state index in [1.54, 1.807) is 35.2 Å². The summed E-state index contributed by atoms with van der Waals surface area (Å²) in [5, 5.41) is 26.0. The fraction of sp³-hybridized carbons (Fsp3) is 0.478. The molecule has 330 valence electrons. The largest absolute Gasteiger partial charge is 0.444 e. The van der Waals surface area contributed by atoms with E-state index in [-0.39, 0.29) is 48.1 Å². The molecule has 0 spiro atoms. The summed E-state index contributed by atoms with van der Waals surface area (Å²) in [6, 6.07) is 21.3. The summed E-state index contributed by atoms with van der Waals surface area (Å²) in [6.45, 7) is 12.5. The number of amides is 5. The molecule has 5 N–H and O–H groups in total. The van der Waals surface area contributed by atoms with Gasteiger partial charge in [-0.15, -0.1) is 10.2 Å². The van der Waals surface area contributed by atoms with E-state index in [9.17, 15) is 24.0 Å². The van der Waals surface area contributed by atoms with Gasteiger partial charge in [0.25, 0.3) is 5.91 Å². The Hall–Kier alpha value is -6.32. The predicted molar refractivity (Wildman–Crippen MR) is 234 cm³/mol. The number of anilines is 1. The van der Waals surface area contributed by atoms with Crippen molar-refractivity contribution in [3.05, 3.63) is 83.9 Å². The Labute approximate surface area is 362 Å². The maximum atomic E-state index is 13.9. The number of hydrogen-bond donors (Lipinski definition) is 5. The van der Waals surface area contributed by atoms with Gasteiger partial charge >= 0.3 is 12.2 Å². The Morgan fingerprint density at radius 3 is 2.08 bits per heavy atom. The highest BCUT2D eigenvalue weighted by molar-refractivity contribution is 5.98. The van der Waals surface area contributed by atoms with Crippen molar-refractivity contribution in [1.29, 1.82) is 0 Å². The second kappa shape index (κ2) is 20.0. The van der Waals surface area contributed by atoms with Gasteiger partial charge in [0.1, 0.15) is 17.2 Å². The average Bonchev–Trinajstić information content (AvgIpc) is 3.78. The number of ether oxygens (including phenoxy) is 2. The van der Waals surface area contributed by atoms with Crippen LogP contribution in [0.2, 0.25) is 0 Å². The number of benzene rings is 3. The number of hydrogen-bond acceptors (Lipinski definition) is 10. The minimum absolute atomic E-state index is 0.0611. The Bertz CT molecular complexity index is 2150. The summed E-state index contributed by atoms with van der Waals surface area (Å²) in [7, 11) is 0. The monoisotopic (exact) mass is 849 g/mol. The standard InChI is InChI=1S/C46H59N9O7/c1-45(2,3)61-43(59)47-28-30-12-16-33(17-13-30)40(56)50-38(42(58)49-36-20-18-32(19-21-36)39-51-53-54-52-39)26-29-10-14-31(15-11-29)34-8-7-9-35(27-34)41(57)48-37-22-24-55(25-23-37)44(60)62-46(4,5)6/h7-11,14-15,18-21,27,30,33,37-38H,12-13,16-17,22-26,28H2,1-6H3,(H,47,59)(H,48,57)(H,49,58)(H,50,56)(H,51,52,53,54)/t30?,33?,38-/m0/s1. The number of nitrogens with one attached hydrogen (secondary N) is 5. The average molecular weight is 850 g/mol. The van der Waals surface area contributed by atoms with Crippen LogP contribution in [0.25, 0.3) is 22.5 Å². The third-order valence-corrected chi connectivity index (χ3v) is 10.9. The molecule has 0 radical (unpaired) electrons. The summed E-state index contributed by atoms with van der Waals surface area (Å²) < 4.78 is 10.9. The number of tetrazole rings is 1. The molecule has 3 aromatic carbocycles. The van der Waals surface area contributed by atoms with E-state index in [0.717, 1.165) is 35.1 Å². The first-order chi connectivity index (χ1) is 29.5. The fourth-order valence-corrected chi connectivity index (χ4v) is 7.60. The summed E-state index contributed by atoms with van der Waals surface area (Å²) in [5.74, 6) is -0.342. The van der Waals surface area contributed by atoms with Crippen LogP contribution in [0.3, 0.4) is 0 Å². The molecule has 6 rings (SSSR count). The molecule has 2 fully saturated rings. The maximum Gasteiger partial charge on any atom is 0.410 e. The fourth-order valence-electron chi connectivity index (χ4n) is 7.60. The minimum atomic E-state index is -0.875. The molecule has 4 aromatic rings. The number of aromatic amines is 1. The van der Waals surface area contributed by atoms with Crippen molar-refractivity contribution in [2.45, 2.75) is 110 Å². The Morgan fingerprint density at radius 1 is 0.790 bits per heavy atom. The van der Waals surface area contributed by atoms with Crippen molar-refractivity contribution in [2.75, 3.05) is 25.0 Å². The van der Waals surface area contributed by atoms with E-state index in [1.807, 2.05) is 84.0 Å². The van der Waals surface area contributed by atoms with Crippen LogP contribution >= 0.6 is 0 Å². The Kier molecular flexibility index (Phi) is 14.6. The highest BCUT2D eigenvalue weighted by Crippen LogP contribution is 2.29. The lowest BCUT2D eigenvalue weighted by molar-refractivity contribution is -0.130. The second-order valence-corrected chi connectivity index (χ2v) is 18.2. The smallest absolute Gasteiger partial charge is 0.410 e. The lowest BCUT2D eigenvalue weighted by atomic mass is 9.81. The molecule has 1 saturated carbocycles. The number of carbonyl (C=O) groups is 5. The summed E-state index contributed by atoms with van der Waals surface area (Å²) in [5.41, 5.74) is 3.23. The molecule has 5 amide bonds. The molecule has 16 heteroatoms. The molecule has 0 unspecified atom stereocenters. The van der Waals surface area contributed by atoms with Crippen LogP contribution in [0.4, 0.5) is 15.3 Å². The van der Waals surface area contributed by atoms with E-state index in [2.05, 4.69) is 41.9 Å². The van der Waals surface area contributed by atoms with Gasteiger partial charge in [0.05, 0.1) is 0 Å². The van der Waals surface area contributed by atoms with Crippen molar-refractivity contribution >= 4 is 35.6 Å². The zero-order chi connectivity index (χ0) is 44.4. The first kappa shape index (κ1) is 45.2. The summed E-state index contributed by atoms with van der Waals surface area (Å²) >= 11 is 0. The molecular formula is C46H59N9O7. The van der Waals surface area contributed by atoms with Crippen LogP contribution in [0.15, 0.2) is 72.8 Å². The normalized spacial score (nSPS) is 17.6. The van der Waals surface area contributed by atoms with E-state index >= 15 is 0 Å². The SMILES string of the molecule is CC(C)(C)OC(=O)NCC1CCC(C(=O)N[C@@H](Cc2ccc(-c3cccc(C(=O)NC4CCN(C(=O)OC(C)(C)C)CC4)c3)cc2)C(=O)Nc2ccc(-c3nn[nH]n3)cc2)CC1. The number of H-pyrrole nitrogens is 1. The van der Waals surface area contributed by atoms with Crippen molar-refractivity contribution in [2.24, 2.45) is 11.8 Å². The maximum absolute atomic E-state index is 13.9. The van der Waals surface area contributed by atoms with Gasteiger partial charge in [-0.05, 0) is 144 Å². The lowest BCUT2D eigenvalue weighted by Crippen LogP contribution is -2.48. The summed E-state index contributed by atoms with van der Waals surface area (Å²) in [4.78, 5) is 67.3. The molecule has 1 aliphatic heterocycles. The highest BCUT2D eigenvalue weighted by Gasteiger charge is 2.31. The van der Waals surface area contributed by atoms with E-state index < -0.39 is 23.3 Å². The number of aromatic nitrogens is 4. The Morgan fingerprint density at radius 2 is 1.45 bits per heavy atom. The lowest BCUT2D eigenvalue weighted by Gasteiger charge is -2.33. The van der Waals surface area contributed by atoms with Crippen molar-refractivity contribution in [3.63, 3.8) is 0 Å². The predicted octanol–water partition coefficient (Wildman–Crippen LogP) is 6.66. The number of alkyl carbamates (subject to hydrolysis) is 1. The third-order valence-electron chi connectivity index (χ3n) is 10.9. The van der Waals surface area contributed by atoms with Crippen LogP contribution in [0, 0.1) is 11.8 Å². The molecule has 1 saturated heterocycles. The second-order valence-electron chi connectivity index (χ2n) is 18.2. The van der Waals surface area contributed by atoms with Crippen LogP contribution < -0.4 is 21.3 Å². The van der Waals surface area contributed by atoms with Crippen LogP contribution in [0.5, 0.6) is 0 Å². The van der Waals surface area contributed by atoms with Crippen molar-refractivity contribution in [3.8, 4) is 22.5 Å². The number of nitrogens with zero attached hydrogens (tertiary/aromatic N) is 4. The first-order valence-electron chi connectivity index (χ1n) is 21.4. The molecule has 1 atom stereocenters. The summed E-state index contributed by atoms with van der Waals surface area (Å²) in [6.07, 6.45) is 3.51.